The van der Waals surface area contributed by atoms with E-state index in [-0.39, 0.29) is 59.7 Å². The second-order valence-electron chi connectivity index (χ2n) is 13.1. The van der Waals surface area contributed by atoms with Crippen LogP contribution in [0.1, 0.15) is 91.4 Å². The van der Waals surface area contributed by atoms with Crippen LogP contribution in [0.15, 0.2) is 23.8 Å². The molecule has 4 aliphatic rings. The quantitative estimate of drug-likeness (QED) is 0.294. The maximum atomic E-state index is 11.6. The van der Waals surface area contributed by atoms with Crippen molar-refractivity contribution >= 4 is 5.97 Å². The molecule has 0 radical (unpaired) electrons. The minimum Gasteiger partial charge on any atom is -0.481 e. The lowest BCUT2D eigenvalue weighted by atomic mass is 9.43. The molecular weight excluding hydrogens is 440 g/mol. The van der Waals surface area contributed by atoms with Gasteiger partial charge in [-0.25, -0.2) is 0 Å². The fraction of sp³-hybridized carbons (Fsp3) is 0.833. The van der Waals surface area contributed by atoms with Crippen molar-refractivity contribution in [3.63, 3.8) is 0 Å². The zero-order valence-corrected chi connectivity index (χ0v) is 22.2. The maximum absolute atomic E-state index is 11.6. The summed E-state index contributed by atoms with van der Waals surface area (Å²) >= 11 is 0. The van der Waals surface area contributed by atoms with Crippen LogP contribution >= 0.6 is 0 Å². The van der Waals surface area contributed by atoms with Gasteiger partial charge in [0.05, 0.1) is 13.2 Å². The van der Waals surface area contributed by atoms with Crippen LogP contribution in [0.4, 0.5) is 0 Å². The van der Waals surface area contributed by atoms with Crippen LogP contribution in [-0.2, 0) is 4.79 Å². The molecule has 0 aromatic rings. The van der Waals surface area contributed by atoms with Crippen molar-refractivity contribution in [3.05, 3.63) is 23.8 Å². The number of fused-ring (bicyclic) bond motifs is 2. The van der Waals surface area contributed by atoms with Gasteiger partial charge in [0.2, 0.25) is 0 Å². The van der Waals surface area contributed by atoms with Gasteiger partial charge >= 0.3 is 5.97 Å². The predicted molar refractivity (Wildman–Crippen MR) is 138 cm³/mol. The van der Waals surface area contributed by atoms with Gasteiger partial charge in [0, 0.05) is 13.0 Å². The Morgan fingerprint density at radius 1 is 1.06 bits per heavy atom. The molecule has 198 valence electrons. The number of rotatable bonds is 11. The highest BCUT2D eigenvalue weighted by molar-refractivity contribution is 5.67. The van der Waals surface area contributed by atoms with E-state index in [0.29, 0.717) is 18.3 Å². The molecule has 35 heavy (non-hydrogen) atoms. The summed E-state index contributed by atoms with van der Waals surface area (Å²) < 4.78 is 0. The summed E-state index contributed by atoms with van der Waals surface area (Å²) in [6.45, 7) is 11.5. The summed E-state index contributed by atoms with van der Waals surface area (Å²) in [5, 5.41) is 39.2. The average molecular weight is 489 g/mol. The first kappa shape index (κ1) is 26.9. The van der Waals surface area contributed by atoms with E-state index in [0.717, 1.165) is 62.5 Å². The lowest BCUT2D eigenvalue weighted by Crippen LogP contribution is -2.54. The number of carboxylic acid groups (broad SMARTS) is 1. The summed E-state index contributed by atoms with van der Waals surface area (Å²) in [7, 11) is 0. The lowest BCUT2D eigenvalue weighted by molar-refractivity contribution is -0.139. The van der Waals surface area contributed by atoms with Gasteiger partial charge in [-0.15, -0.1) is 0 Å². The van der Waals surface area contributed by atoms with Gasteiger partial charge in [0.25, 0.3) is 0 Å². The summed E-state index contributed by atoms with van der Waals surface area (Å²) in [6.07, 6.45) is 12.7. The number of hydrogen-bond donors (Lipinski definition) is 4. The van der Waals surface area contributed by atoms with Crippen LogP contribution in [0.25, 0.3) is 0 Å². The number of allylic oxidation sites excluding steroid dienone is 1. The van der Waals surface area contributed by atoms with E-state index in [1.54, 1.807) is 0 Å². The molecule has 0 heterocycles. The lowest BCUT2D eigenvalue weighted by Gasteiger charge is -2.61. The van der Waals surface area contributed by atoms with Crippen LogP contribution in [0.3, 0.4) is 0 Å². The molecule has 4 saturated carbocycles. The Labute approximate surface area is 211 Å². The van der Waals surface area contributed by atoms with E-state index in [1.165, 1.54) is 6.42 Å². The zero-order chi connectivity index (χ0) is 25.6. The second kappa shape index (κ2) is 9.61. The third-order valence-electron chi connectivity index (χ3n) is 12.1. The largest absolute Gasteiger partial charge is 0.481 e. The Morgan fingerprint density at radius 2 is 1.80 bits per heavy atom. The average Bonchev–Trinajstić information content (AvgIpc) is 3.44. The highest BCUT2D eigenvalue weighted by atomic mass is 16.4. The van der Waals surface area contributed by atoms with Gasteiger partial charge in [0.1, 0.15) is 0 Å². The molecule has 5 heteroatoms. The highest BCUT2D eigenvalue weighted by Gasteiger charge is 2.80. The van der Waals surface area contributed by atoms with Crippen molar-refractivity contribution in [1.29, 1.82) is 0 Å². The smallest absolute Gasteiger partial charge is 0.303 e. The molecule has 0 aromatic heterocycles. The van der Waals surface area contributed by atoms with Crippen molar-refractivity contribution in [1.82, 2.24) is 0 Å². The van der Waals surface area contributed by atoms with Gasteiger partial charge in [-0.1, -0.05) is 32.1 Å². The Kier molecular flexibility index (Phi) is 7.38. The first-order valence-electron chi connectivity index (χ1n) is 13.9. The van der Waals surface area contributed by atoms with Crippen LogP contribution in [0.2, 0.25) is 0 Å². The van der Waals surface area contributed by atoms with Crippen molar-refractivity contribution in [2.24, 2.45) is 45.3 Å². The Balaban J connectivity index is 1.60. The van der Waals surface area contributed by atoms with Crippen molar-refractivity contribution < 1.29 is 25.2 Å². The molecule has 0 aliphatic heterocycles. The third-order valence-corrected chi connectivity index (χ3v) is 12.1. The van der Waals surface area contributed by atoms with E-state index >= 15 is 0 Å². The Morgan fingerprint density at radius 3 is 2.43 bits per heavy atom. The molecule has 1 spiro atoms. The first-order chi connectivity index (χ1) is 16.5. The van der Waals surface area contributed by atoms with Gasteiger partial charge in [-0.05, 0) is 122 Å². The third kappa shape index (κ3) is 3.95. The van der Waals surface area contributed by atoms with E-state index in [9.17, 15) is 25.2 Å². The molecule has 4 N–H and O–H groups in total. The molecule has 0 saturated heterocycles. The number of aliphatic carboxylic acids is 1. The molecule has 8 unspecified atom stereocenters. The van der Waals surface area contributed by atoms with Crippen LogP contribution in [0, 0.1) is 45.3 Å². The topological polar surface area (TPSA) is 98.0 Å². The Bertz CT molecular complexity index is 865. The predicted octanol–water partition coefficient (Wildman–Crippen LogP) is 5.35. The summed E-state index contributed by atoms with van der Waals surface area (Å²) in [5.74, 6) is 0.863. The van der Waals surface area contributed by atoms with Gasteiger partial charge in [-0.2, -0.15) is 0 Å². The van der Waals surface area contributed by atoms with Gasteiger partial charge in [-0.3, -0.25) is 4.79 Å². The summed E-state index contributed by atoms with van der Waals surface area (Å²) in [4.78, 5) is 11.6. The number of hydrogen-bond acceptors (Lipinski definition) is 4. The summed E-state index contributed by atoms with van der Waals surface area (Å²) in [6, 6.07) is 0. The number of carboxylic acids is 1. The first-order valence-corrected chi connectivity index (χ1v) is 13.9. The minimum absolute atomic E-state index is 0.000324. The second-order valence-corrected chi connectivity index (χ2v) is 13.1. The van der Waals surface area contributed by atoms with E-state index in [4.69, 9.17) is 0 Å². The van der Waals surface area contributed by atoms with Crippen LogP contribution < -0.4 is 0 Å². The number of carbonyl (C=O) groups is 1. The zero-order valence-electron chi connectivity index (χ0n) is 22.2. The van der Waals surface area contributed by atoms with Gasteiger partial charge < -0.3 is 20.4 Å². The van der Waals surface area contributed by atoms with E-state index < -0.39 is 5.97 Å². The van der Waals surface area contributed by atoms with Crippen molar-refractivity contribution in [3.8, 4) is 0 Å². The standard InChI is InChI=1S/C30H48O5/c1-20(16-31)6-5-7-22(18-33)24-10-12-28(4)25-9-8-23(21(2)17-32)29(13-11-26(34)35)19-30(25,29)15-14-27(24,28)3/h6,22-25,31-33H,2,5,7-19H2,1,3-4H3,(H,34,35)/b20-6+. The number of aliphatic hydroxyl groups is 3. The van der Waals surface area contributed by atoms with E-state index in [2.05, 4.69) is 26.5 Å². The minimum atomic E-state index is -0.721. The van der Waals surface area contributed by atoms with E-state index in [1.807, 2.05) is 6.92 Å². The molecule has 0 aromatic carbocycles. The monoisotopic (exact) mass is 488 g/mol. The maximum Gasteiger partial charge on any atom is 0.303 e. The summed E-state index contributed by atoms with van der Waals surface area (Å²) in [5.41, 5.74) is 2.43. The molecule has 5 nitrogen and oxygen atoms in total. The molecule has 0 amide bonds. The van der Waals surface area contributed by atoms with Gasteiger partial charge in [0.15, 0.2) is 0 Å². The van der Waals surface area contributed by atoms with Crippen molar-refractivity contribution in [2.45, 2.75) is 91.4 Å². The van der Waals surface area contributed by atoms with Crippen LogP contribution in [0.5, 0.6) is 0 Å². The number of aliphatic hydroxyl groups excluding tert-OH is 3. The fourth-order valence-electron chi connectivity index (χ4n) is 10.1. The molecule has 4 aliphatic carbocycles. The fourth-order valence-corrected chi connectivity index (χ4v) is 10.1. The normalized spacial score (nSPS) is 43.1. The SMILES string of the molecule is C=C(CO)C1CCC2C3(C)CCC(C(CO)CC/C=C(\C)CO)C3(C)CCC23CC13CCC(=O)O. The van der Waals surface area contributed by atoms with Crippen molar-refractivity contribution in [2.75, 3.05) is 19.8 Å². The molecule has 8 atom stereocenters. The molecule has 4 fully saturated rings. The van der Waals surface area contributed by atoms with Crippen LogP contribution in [-0.4, -0.2) is 46.2 Å². The molecular formula is C30H48O5. The Hall–Kier alpha value is -1.17. The molecule has 0 bridgehead atoms. The highest BCUT2D eigenvalue weighted by Crippen LogP contribution is 2.87. The molecule has 4 rings (SSSR count).